The lowest BCUT2D eigenvalue weighted by Gasteiger charge is -2.03. The van der Waals surface area contributed by atoms with Crippen molar-refractivity contribution in [2.75, 3.05) is 6.61 Å². The van der Waals surface area contributed by atoms with Crippen LogP contribution in [0.1, 0.15) is 11.3 Å². The van der Waals surface area contributed by atoms with Crippen LogP contribution in [0.25, 0.3) is 10.9 Å². The normalized spacial score (nSPS) is 11.0. The summed E-state index contributed by atoms with van der Waals surface area (Å²) in [6, 6.07) is 18.5. The zero-order chi connectivity index (χ0) is 13.1. The minimum absolute atomic E-state index is 0.131. The number of rotatable bonds is 4. The maximum atomic E-state index is 9.13. The van der Waals surface area contributed by atoms with Crippen LogP contribution in [0.15, 0.2) is 54.6 Å². The van der Waals surface area contributed by atoms with E-state index in [1.54, 1.807) is 0 Å². The Hall–Kier alpha value is -2.13. The van der Waals surface area contributed by atoms with Gasteiger partial charge >= 0.3 is 0 Å². The molecule has 0 saturated heterocycles. The van der Waals surface area contributed by atoms with Gasteiger partial charge in [-0.25, -0.2) is 0 Å². The molecule has 3 heteroatoms. The zero-order valence-electron chi connectivity index (χ0n) is 10.7. The molecule has 1 aromatic heterocycles. The molecule has 0 aliphatic heterocycles. The van der Waals surface area contributed by atoms with Gasteiger partial charge < -0.3 is 5.11 Å². The second kappa shape index (κ2) is 5.24. The molecule has 0 amide bonds. The molecule has 0 spiro atoms. The molecule has 0 radical (unpaired) electrons. The third-order valence-corrected chi connectivity index (χ3v) is 3.26. The monoisotopic (exact) mass is 252 g/mol. The van der Waals surface area contributed by atoms with Crippen molar-refractivity contribution in [3.8, 4) is 0 Å². The fourth-order valence-corrected chi connectivity index (χ4v) is 2.36. The number of benzene rings is 2. The predicted octanol–water partition coefficient (Wildman–Crippen LogP) is 2.62. The highest BCUT2D eigenvalue weighted by molar-refractivity contribution is 5.82. The highest BCUT2D eigenvalue weighted by atomic mass is 16.3. The van der Waals surface area contributed by atoms with Gasteiger partial charge in [-0.1, -0.05) is 48.5 Å². The summed E-state index contributed by atoms with van der Waals surface area (Å²) in [4.78, 5) is 0. The lowest BCUT2D eigenvalue weighted by atomic mass is 10.2. The number of hydrogen-bond donors (Lipinski definition) is 1. The minimum atomic E-state index is 0.131. The van der Waals surface area contributed by atoms with Crippen LogP contribution in [0.4, 0.5) is 0 Å². The Morgan fingerprint density at radius 1 is 0.947 bits per heavy atom. The van der Waals surface area contributed by atoms with Crippen LogP contribution < -0.4 is 0 Å². The van der Waals surface area contributed by atoms with Gasteiger partial charge in [-0.05, 0) is 11.6 Å². The Morgan fingerprint density at radius 2 is 1.68 bits per heavy atom. The molecule has 0 bridgehead atoms. The molecule has 96 valence electrons. The first-order valence-electron chi connectivity index (χ1n) is 6.47. The Bertz CT molecular complexity index is 674. The van der Waals surface area contributed by atoms with Crippen molar-refractivity contribution in [2.45, 2.75) is 13.0 Å². The molecule has 0 saturated carbocycles. The summed E-state index contributed by atoms with van der Waals surface area (Å²) < 4.78 is 2.01. The van der Waals surface area contributed by atoms with Gasteiger partial charge in [0.15, 0.2) is 0 Å². The number of hydrogen-bond acceptors (Lipinski definition) is 2. The van der Waals surface area contributed by atoms with Gasteiger partial charge in [0.1, 0.15) is 0 Å². The van der Waals surface area contributed by atoms with E-state index in [1.807, 2.05) is 35.0 Å². The van der Waals surface area contributed by atoms with Gasteiger partial charge in [-0.3, -0.25) is 4.68 Å². The SMILES string of the molecule is OCCc1nn(Cc2ccccc2)c2ccccc12. The average molecular weight is 252 g/mol. The maximum absolute atomic E-state index is 9.13. The lowest BCUT2D eigenvalue weighted by Crippen LogP contribution is -2.02. The first-order valence-corrected chi connectivity index (χ1v) is 6.47. The number of fused-ring (bicyclic) bond motifs is 1. The second-order valence-electron chi connectivity index (χ2n) is 4.58. The zero-order valence-corrected chi connectivity index (χ0v) is 10.7. The van der Waals surface area contributed by atoms with Gasteiger partial charge in [0.2, 0.25) is 0 Å². The van der Waals surface area contributed by atoms with Gasteiger partial charge in [-0.2, -0.15) is 5.10 Å². The number of para-hydroxylation sites is 1. The number of aliphatic hydroxyl groups is 1. The highest BCUT2D eigenvalue weighted by Crippen LogP contribution is 2.19. The molecule has 0 atom stereocenters. The molecular formula is C16H16N2O. The van der Waals surface area contributed by atoms with E-state index in [0.717, 1.165) is 23.1 Å². The molecule has 2 aromatic carbocycles. The summed E-state index contributed by atoms with van der Waals surface area (Å²) in [5.41, 5.74) is 3.31. The standard InChI is InChI=1S/C16H16N2O/c19-11-10-15-14-8-4-5-9-16(14)18(17-15)12-13-6-2-1-3-7-13/h1-9,19H,10-12H2. The van der Waals surface area contributed by atoms with E-state index < -0.39 is 0 Å². The van der Waals surface area contributed by atoms with Crippen LogP contribution in [0, 0.1) is 0 Å². The molecule has 0 aliphatic rings. The summed E-state index contributed by atoms with van der Waals surface area (Å²) in [5.74, 6) is 0. The Balaban J connectivity index is 2.03. The number of aromatic nitrogens is 2. The van der Waals surface area contributed by atoms with Crippen molar-refractivity contribution < 1.29 is 5.11 Å². The van der Waals surface area contributed by atoms with Crippen molar-refractivity contribution in [3.63, 3.8) is 0 Å². The van der Waals surface area contributed by atoms with Gasteiger partial charge in [0.05, 0.1) is 17.8 Å². The van der Waals surface area contributed by atoms with E-state index in [2.05, 4.69) is 29.4 Å². The van der Waals surface area contributed by atoms with Gasteiger partial charge in [0, 0.05) is 18.4 Å². The van der Waals surface area contributed by atoms with Crippen LogP contribution in [-0.2, 0) is 13.0 Å². The first kappa shape index (κ1) is 11.9. The van der Waals surface area contributed by atoms with E-state index >= 15 is 0 Å². The summed E-state index contributed by atoms with van der Waals surface area (Å²) in [6.07, 6.45) is 0.600. The van der Waals surface area contributed by atoms with E-state index in [1.165, 1.54) is 5.56 Å². The Morgan fingerprint density at radius 3 is 2.47 bits per heavy atom. The third kappa shape index (κ3) is 2.37. The molecule has 0 unspecified atom stereocenters. The van der Waals surface area contributed by atoms with Crippen LogP contribution in [0.5, 0.6) is 0 Å². The van der Waals surface area contributed by atoms with Crippen molar-refractivity contribution >= 4 is 10.9 Å². The van der Waals surface area contributed by atoms with Crippen LogP contribution >= 0.6 is 0 Å². The van der Waals surface area contributed by atoms with E-state index in [-0.39, 0.29) is 6.61 Å². The summed E-state index contributed by atoms with van der Waals surface area (Å²) in [7, 11) is 0. The Labute approximate surface area is 112 Å². The smallest absolute Gasteiger partial charge is 0.0726 e. The first-order chi connectivity index (χ1) is 9.38. The summed E-state index contributed by atoms with van der Waals surface area (Å²) in [6.45, 7) is 0.888. The molecule has 3 nitrogen and oxygen atoms in total. The van der Waals surface area contributed by atoms with E-state index in [0.29, 0.717) is 6.42 Å². The largest absolute Gasteiger partial charge is 0.396 e. The maximum Gasteiger partial charge on any atom is 0.0726 e. The van der Waals surface area contributed by atoms with Gasteiger partial charge in [0.25, 0.3) is 0 Å². The highest BCUT2D eigenvalue weighted by Gasteiger charge is 2.09. The molecular weight excluding hydrogens is 236 g/mol. The molecule has 1 N–H and O–H groups in total. The van der Waals surface area contributed by atoms with Gasteiger partial charge in [-0.15, -0.1) is 0 Å². The van der Waals surface area contributed by atoms with Crippen LogP contribution in [0.2, 0.25) is 0 Å². The number of aliphatic hydroxyl groups excluding tert-OH is 1. The van der Waals surface area contributed by atoms with Crippen LogP contribution in [0.3, 0.4) is 0 Å². The molecule has 3 rings (SSSR count). The fraction of sp³-hybridized carbons (Fsp3) is 0.188. The fourth-order valence-electron chi connectivity index (χ4n) is 2.36. The van der Waals surface area contributed by atoms with E-state index in [4.69, 9.17) is 5.11 Å². The average Bonchev–Trinajstić information content (AvgIpc) is 2.79. The topological polar surface area (TPSA) is 38.1 Å². The third-order valence-electron chi connectivity index (χ3n) is 3.26. The summed E-state index contributed by atoms with van der Waals surface area (Å²) >= 11 is 0. The Kier molecular flexibility index (Phi) is 3.29. The van der Waals surface area contributed by atoms with Crippen molar-refractivity contribution in [1.82, 2.24) is 9.78 Å². The molecule has 1 heterocycles. The van der Waals surface area contributed by atoms with E-state index in [9.17, 15) is 0 Å². The van der Waals surface area contributed by atoms with Crippen molar-refractivity contribution in [1.29, 1.82) is 0 Å². The quantitative estimate of drug-likeness (QED) is 0.775. The second-order valence-corrected chi connectivity index (χ2v) is 4.58. The predicted molar refractivity (Wildman–Crippen MR) is 76.1 cm³/mol. The summed E-state index contributed by atoms with van der Waals surface area (Å²) in [5, 5.41) is 14.9. The molecule has 3 aromatic rings. The molecule has 0 fully saturated rings. The number of nitrogens with zero attached hydrogens (tertiary/aromatic N) is 2. The van der Waals surface area contributed by atoms with Crippen LogP contribution in [-0.4, -0.2) is 21.5 Å². The molecule has 19 heavy (non-hydrogen) atoms. The molecule has 0 aliphatic carbocycles. The van der Waals surface area contributed by atoms with Crippen molar-refractivity contribution in [2.24, 2.45) is 0 Å². The lowest BCUT2D eigenvalue weighted by molar-refractivity contribution is 0.298. The minimum Gasteiger partial charge on any atom is -0.396 e. The van der Waals surface area contributed by atoms with Crippen molar-refractivity contribution in [3.05, 3.63) is 65.9 Å².